The van der Waals surface area contributed by atoms with Crippen LogP contribution in [0.3, 0.4) is 0 Å². The Bertz CT molecular complexity index is 595. The van der Waals surface area contributed by atoms with Crippen LogP contribution in [0.25, 0.3) is 0 Å². The Hall–Kier alpha value is -1.11. The Morgan fingerprint density at radius 2 is 2.14 bits per heavy atom. The number of carboxylic acids is 1. The molecule has 1 aromatic rings. The molecule has 0 aliphatic carbocycles. The molecule has 0 saturated carbocycles. The minimum Gasteiger partial charge on any atom is -0.481 e. The minimum absolute atomic E-state index is 0.0501. The summed E-state index contributed by atoms with van der Waals surface area (Å²) < 4.78 is 0.788. The van der Waals surface area contributed by atoms with E-state index >= 15 is 0 Å². The zero-order valence-corrected chi connectivity index (χ0v) is 14.0. The lowest BCUT2D eigenvalue weighted by Crippen LogP contribution is -2.55. The van der Waals surface area contributed by atoms with Gasteiger partial charge in [-0.2, -0.15) is 0 Å². The van der Waals surface area contributed by atoms with E-state index in [1.807, 2.05) is 12.1 Å². The predicted molar refractivity (Wildman–Crippen MR) is 85.1 cm³/mol. The van der Waals surface area contributed by atoms with Crippen molar-refractivity contribution in [3.8, 4) is 0 Å². The van der Waals surface area contributed by atoms with Gasteiger partial charge in [-0.05, 0) is 25.0 Å². The summed E-state index contributed by atoms with van der Waals surface area (Å²) in [6, 6.07) is 3.93. The van der Waals surface area contributed by atoms with Crippen molar-refractivity contribution >= 4 is 34.8 Å². The van der Waals surface area contributed by atoms with Crippen LogP contribution in [0.4, 0.5) is 0 Å². The molecule has 1 atom stereocenters. The number of rotatable bonds is 3. The fourth-order valence-corrected chi connectivity index (χ4v) is 4.87. The number of thiophene rings is 1. The average Bonchev–Trinajstić information content (AvgIpc) is 2.99. The number of carbonyl (C=O) groups excluding carboxylic acids is 1. The van der Waals surface area contributed by atoms with Crippen LogP contribution in [0.1, 0.15) is 24.1 Å². The Morgan fingerprint density at radius 1 is 1.45 bits per heavy atom. The quantitative estimate of drug-likeness (QED) is 0.915. The molecule has 5 nitrogen and oxygen atoms in total. The maximum atomic E-state index is 12.0. The SMILES string of the molecule is CN1C(=O)C[C@@H](C(=O)O)C12CCN(Cc1ccc(Cl)s1)CC2. The van der Waals surface area contributed by atoms with Crippen molar-refractivity contribution in [2.75, 3.05) is 20.1 Å². The fraction of sp³-hybridized carbons (Fsp3) is 0.600. The average molecular weight is 343 g/mol. The molecule has 1 aromatic heterocycles. The Kier molecular flexibility index (Phi) is 4.18. The second-order valence-electron chi connectivity index (χ2n) is 6.13. The number of halogens is 1. The standard InChI is InChI=1S/C15H19ClN2O3S/c1-17-13(19)8-11(14(20)21)15(17)4-6-18(7-5-15)9-10-2-3-12(16)22-10/h2-3,11H,4-9H2,1H3,(H,20,21)/t11-/m0/s1. The van der Waals surface area contributed by atoms with Gasteiger partial charge in [0.25, 0.3) is 0 Å². The van der Waals surface area contributed by atoms with Crippen molar-refractivity contribution in [3.63, 3.8) is 0 Å². The van der Waals surface area contributed by atoms with Gasteiger partial charge in [-0.1, -0.05) is 11.6 Å². The number of nitrogens with zero attached hydrogens (tertiary/aromatic N) is 2. The van der Waals surface area contributed by atoms with Crippen molar-refractivity contribution < 1.29 is 14.7 Å². The van der Waals surface area contributed by atoms with Crippen molar-refractivity contribution in [2.24, 2.45) is 5.92 Å². The van der Waals surface area contributed by atoms with E-state index in [1.165, 1.54) is 4.88 Å². The van der Waals surface area contributed by atoms with Gasteiger partial charge in [-0.3, -0.25) is 14.5 Å². The summed E-state index contributed by atoms with van der Waals surface area (Å²) in [5.74, 6) is -1.48. The molecular weight excluding hydrogens is 324 g/mol. The molecule has 120 valence electrons. The summed E-state index contributed by atoms with van der Waals surface area (Å²) >= 11 is 7.53. The number of aliphatic carboxylic acids is 1. The van der Waals surface area contributed by atoms with E-state index in [2.05, 4.69) is 4.90 Å². The third-order valence-electron chi connectivity index (χ3n) is 5.10. The van der Waals surface area contributed by atoms with E-state index in [0.717, 1.165) is 24.0 Å². The first kappa shape index (κ1) is 15.8. The molecule has 1 spiro atoms. The number of carboxylic acid groups (broad SMARTS) is 1. The largest absolute Gasteiger partial charge is 0.481 e. The lowest BCUT2D eigenvalue weighted by Gasteiger charge is -2.45. The van der Waals surface area contributed by atoms with Crippen molar-refractivity contribution in [3.05, 3.63) is 21.3 Å². The maximum Gasteiger partial charge on any atom is 0.309 e. The van der Waals surface area contributed by atoms with Crippen LogP contribution in [0.15, 0.2) is 12.1 Å². The van der Waals surface area contributed by atoms with Gasteiger partial charge in [0, 0.05) is 38.0 Å². The van der Waals surface area contributed by atoms with Gasteiger partial charge in [0.05, 0.1) is 15.8 Å². The third-order valence-corrected chi connectivity index (χ3v) is 6.31. The smallest absolute Gasteiger partial charge is 0.309 e. The first-order chi connectivity index (χ1) is 10.4. The first-order valence-electron chi connectivity index (χ1n) is 7.38. The summed E-state index contributed by atoms with van der Waals surface area (Å²) in [5, 5.41) is 9.46. The van der Waals surface area contributed by atoms with Gasteiger partial charge in [0.1, 0.15) is 0 Å². The molecule has 1 amide bonds. The molecule has 0 unspecified atom stereocenters. The zero-order chi connectivity index (χ0) is 15.9. The molecule has 2 saturated heterocycles. The number of hydrogen-bond acceptors (Lipinski definition) is 4. The third kappa shape index (κ3) is 2.64. The van der Waals surface area contributed by atoms with Crippen molar-refractivity contribution in [2.45, 2.75) is 31.3 Å². The molecule has 3 rings (SSSR count). The summed E-state index contributed by atoms with van der Waals surface area (Å²) in [6.45, 7) is 2.44. The second-order valence-corrected chi connectivity index (χ2v) is 7.93. The van der Waals surface area contributed by atoms with Gasteiger partial charge in [0.2, 0.25) is 5.91 Å². The fourth-order valence-electron chi connectivity index (χ4n) is 3.74. The van der Waals surface area contributed by atoms with Crippen LogP contribution in [-0.4, -0.2) is 52.5 Å². The van der Waals surface area contributed by atoms with Crippen LogP contribution in [0.2, 0.25) is 4.34 Å². The van der Waals surface area contributed by atoms with Crippen molar-refractivity contribution in [1.82, 2.24) is 9.80 Å². The Morgan fingerprint density at radius 3 is 2.68 bits per heavy atom. The summed E-state index contributed by atoms with van der Waals surface area (Å²) in [6.07, 6.45) is 1.56. The van der Waals surface area contributed by atoms with E-state index in [4.69, 9.17) is 11.6 Å². The summed E-state index contributed by atoms with van der Waals surface area (Å²) in [5.41, 5.74) is -0.507. The normalized spacial score (nSPS) is 25.1. The molecule has 2 aliphatic heterocycles. The minimum atomic E-state index is -0.851. The first-order valence-corrected chi connectivity index (χ1v) is 8.58. The van der Waals surface area contributed by atoms with E-state index in [0.29, 0.717) is 12.8 Å². The van der Waals surface area contributed by atoms with Gasteiger partial charge < -0.3 is 10.0 Å². The molecule has 3 heterocycles. The van der Waals surface area contributed by atoms with Crippen LogP contribution >= 0.6 is 22.9 Å². The topological polar surface area (TPSA) is 60.9 Å². The molecule has 2 aliphatic rings. The second kappa shape index (κ2) is 5.83. The molecule has 2 fully saturated rings. The maximum absolute atomic E-state index is 12.0. The molecule has 1 N–H and O–H groups in total. The number of piperidine rings is 1. The number of likely N-dealkylation sites (tertiary alicyclic amines) is 2. The van der Waals surface area contributed by atoms with E-state index in [1.54, 1.807) is 23.3 Å². The molecule has 7 heteroatoms. The highest BCUT2D eigenvalue weighted by atomic mass is 35.5. The van der Waals surface area contributed by atoms with Crippen LogP contribution < -0.4 is 0 Å². The van der Waals surface area contributed by atoms with Crippen LogP contribution in [0.5, 0.6) is 0 Å². The van der Waals surface area contributed by atoms with E-state index < -0.39 is 17.4 Å². The number of amides is 1. The van der Waals surface area contributed by atoms with Gasteiger partial charge in [-0.15, -0.1) is 11.3 Å². The van der Waals surface area contributed by atoms with Crippen LogP contribution in [-0.2, 0) is 16.1 Å². The van der Waals surface area contributed by atoms with E-state index in [9.17, 15) is 14.7 Å². The van der Waals surface area contributed by atoms with Crippen molar-refractivity contribution in [1.29, 1.82) is 0 Å². The molecule has 22 heavy (non-hydrogen) atoms. The highest BCUT2D eigenvalue weighted by Crippen LogP contribution is 2.43. The lowest BCUT2D eigenvalue weighted by molar-refractivity contribution is -0.146. The van der Waals surface area contributed by atoms with Gasteiger partial charge in [-0.25, -0.2) is 0 Å². The number of carbonyl (C=O) groups is 2. The predicted octanol–water partition coefficient (Wildman–Crippen LogP) is 2.30. The zero-order valence-electron chi connectivity index (χ0n) is 12.4. The molecule has 0 bridgehead atoms. The molecule has 0 aromatic carbocycles. The molecular formula is C15H19ClN2O3S. The van der Waals surface area contributed by atoms with E-state index in [-0.39, 0.29) is 12.3 Å². The summed E-state index contributed by atoms with van der Waals surface area (Å²) in [4.78, 5) is 28.7. The monoisotopic (exact) mass is 342 g/mol. The van der Waals surface area contributed by atoms with Gasteiger partial charge in [0.15, 0.2) is 0 Å². The highest BCUT2D eigenvalue weighted by molar-refractivity contribution is 7.16. The summed E-state index contributed by atoms with van der Waals surface area (Å²) in [7, 11) is 1.75. The lowest BCUT2D eigenvalue weighted by atomic mass is 9.77. The number of hydrogen-bond donors (Lipinski definition) is 1. The Labute approximate surface area is 138 Å². The van der Waals surface area contributed by atoms with Gasteiger partial charge >= 0.3 is 5.97 Å². The highest BCUT2D eigenvalue weighted by Gasteiger charge is 2.55. The molecule has 0 radical (unpaired) electrons. The Balaban J connectivity index is 1.69. The van der Waals surface area contributed by atoms with Crippen LogP contribution in [0, 0.1) is 5.92 Å².